The second-order valence-corrected chi connectivity index (χ2v) is 8.21. The smallest absolute Gasteiger partial charge is 0.161 e. The van der Waals surface area contributed by atoms with Crippen LogP contribution in [0.1, 0.15) is 35.1 Å². The maximum atomic E-state index is 5.52. The van der Waals surface area contributed by atoms with E-state index >= 15 is 0 Å². The average molecular weight is 381 g/mol. The summed E-state index contributed by atoms with van der Waals surface area (Å²) in [6, 6.07) is 14.0. The molecule has 0 N–H and O–H groups in total. The van der Waals surface area contributed by atoms with Crippen molar-refractivity contribution in [1.29, 1.82) is 0 Å². The summed E-state index contributed by atoms with van der Waals surface area (Å²) in [4.78, 5) is 5.30. The molecule has 1 fully saturated rings. The number of fused-ring (bicyclic) bond motifs is 1. The van der Waals surface area contributed by atoms with E-state index in [0.717, 1.165) is 44.1 Å². The number of aryl methyl sites for hydroxylation is 1. The minimum absolute atomic E-state index is 0.639. The number of likely N-dealkylation sites (tertiary alicyclic amines) is 1. The number of nitrogens with zero attached hydrogens (tertiary/aromatic N) is 2. The van der Waals surface area contributed by atoms with Crippen LogP contribution in [0.2, 0.25) is 0 Å². The number of hydrogen-bond donors (Lipinski definition) is 0. The SMILES string of the molecule is COc1cc2c(cc1OC)CN(C1CCCN(Cc3ccc(C)cc3)C1)CC2. The molecule has 0 amide bonds. The van der Waals surface area contributed by atoms with Crippen molar-refractivity contribution in [2.45, 2.75) is 45.3 Å². The molecule has 2 aromatic rings. The molecule has 4 nitrogen and oxygen atoms in total. The third-order valence-electron chi connectivity index (χ3n) is 6.27. The van der Waals surface area contributed by atoms with E-state index < -0.39 is 0 Å². The highest BCUT2D eigenvalue weighted by atomic mass is 16.5. The first-order chi connectivity index (χ1) is 13.7. The fourth-order valence-corrected chi connectivity index (χ4v) is 4.64. The summed E-state index contributed by atoms with van der Waals surface area (Å²) in [5.74, 6) is 1.68. The van der Waals surface area contributed by atoms with Crippen molar-refractivity contribution < 1.29 is 9.47 Å². The van der Waals surface area contributed by atoms with Gasteiger partial charge in [-0.3, -0.25) is 9.80 Å². The van der Waals surface area contributed by atoms with Gasteiger partial charge < -0.3 is 9.47 Å². The molecule has 4 heteroatoms. The zero-order chi connectivity index (χ0) is 19.5. The summed E-state index contributed by atoms with van der Waals surface area (Å²) in [7, 11) is 3.43. The fraction of sp³-hybridized carbons (Fsp3) is 0.500. The van der Waals surface area contributed by atoms with E-state index in [2.05, 4.69) is 53.1 Å². The van der Waals surface area contributed by atoms with E-state index in [1.807, 2.05) is 0 Å². The Morgan fingerprint density at radius 2 is 1.68 bits per heavy atom. The van der Waals surface area contributed by atoms with Gasteiger partial charge in [0.1, 0.15) is 0 Å². The van der Waals surface area contributed by atoms with Crippen LogP contribution < -0.4 is 9.47 Å². The molecule has 28 heavy (non-hydrogen) atoms. The van der Waals surface area contributed by atoms with E-state index in [4.69, 9.17) is 9.47 Å². The first-order valence-electron chi connectivity index (χ1n) is 10.4. The Balaban J connectivity index is 1.42. The van der Waals surface area contributed by atoms with Crippen LogP contribution in [0.3, 0.4) is 0 Å². The lowest BCUT2D eigenvalue weighted by molar-refractivity contribution is 0.0837. The van der Waals surface area contributed by atoms with Gasteiger partial charge in [-0.2, -0.15) is 0 Å². The van der Waals surface area contributed by atoms with Crippen molar-refractivity contribution in [1.82, 2.24) is 9.80 Å². The van der Waals surface area contributed by atoms with Crippen molar-refractivity contribution in [3.8, 4) is 11.5 Å². The van der Waals surface area contributed by atoms with Gasteiger partial charge in [-0.05, 0) is 61.6 Å². The zero-order valence-electron chi connectivity index (χ0n) is 17.4. The molecule has 2 heterocycles. The van der Waals surface area contributed by atoms with Gasteiger partial charge in [-0.15, -0.1) is 0 Å². The minimum atomic E-state index is 0.639. The van der Waals surface area contributed by atoms with E-state index in [1.165, 1.54) is 41.6 Å². The summed E-state index contributed by atoms with van der Waals surface area (Å²) >= 11 is 0. The molecule has 1 unspecified atom stereocenters. The first kappa shape index (κ1) is 19.3. The molecular formula is C24H32N2O2. The largest absolute Gasteiger partial charge is 0.493 e. The van der Waals surface area contributed by atoms with Gasteiger partial charge in [0.05, 0.1) is 14.2 Å². The molecule has 2 aromatic carbocycles. The molecule has 1 atom stereocenters. The second-order valence-electron chi connectivity index (χ2n) is 8.21. The topological polar surface area (TPSA) is 24.9 Å². The highest BCUT2D eigenvalue weighted by molar-refractivity contribution is 5.48. The molecule has 0 aliphatic carbocycles. The number of benzene rings is 2. The van der Waals surface area contributed by atoms with Crippen LogP contribution in [0.25, 0.3) is 0 Å². The number of piperidine rings is 1. The van der Waals surface area contributed by atoms with Crippen LogP contribution in [-0.2, 0) is 19.5 Å². The van der Waals surface area contributed by atoms with Crippen LogP contribution in [0.15, 0.2) is 36.4 Å². The number of ether oxygens (including phenoxy) is 2. The predicted octanol–water partition coefficient (Wildman–Crippen LogP) is 4.03. The highest BCUT2D eigenvalue weighted by Gasteiger charge is 2.28. The first-order valence-corrected chi connectivity index (χ1v) is 10.4. The summed E-state index contributed by atoms with van der Waals surface area (Å²) < 4.78 is 11.0. The normalized spacial score (nSPS) is 20.6. The maximum Gasteiger partial charge on any atom is 0.161 e. The maximum absolute atomic E-state index is 5.52. The molecule has 150 valence electrons. The third kappa shape index (κ3) is 4.18. The highest BCUT2D eigenvalue weighted by Crippen LogP contribution is 2.34. The molecule has 4 rings (SSSR count). The molecule has 0 saturated carbocycles. The van der Waals surface area contributed by atoms with Crippen molar-refractivity contribution in [3.63, 3.8) is 0 Å². The van der Waals surface area contributed by atoms with Crippen molar-refractivity contribution in [2.75, 3.05) is 33.9 Å². The summed E-state index contributed by atoms with van der Waals surface area (Å²) in [5, 5.41) is 0. The standard InChI is InChI=1S/C24H32N2O2/c1-18-6-8-19(9-7-18)15-25-11-4-5-22(17-25)26-12-10-20-13-23(27-2)24(28-3)14-21(20)16-26/h6-9,13-14,22H,4-5,10-12,15-17H2,1-3H3. The predicted molar refractivity (Wildman–Crippen MR) is 113 cm³/mol. The fourth-order valence-electron chi connectivity index (χ4n) is 4.64. The van der Waals surface area contributed by atoms with Crippen molar-refractivity contribution in [2.24, 2.45) is 0 Å². The van der Waals surface area contributed by atoms with Crippen LogP contribution in [-0.4, -0.2) is 49.7 Å². The third-order valence-corrected chi connectivity index (χ3v) is 6.27. The van der Waals surface area contributed by atoms with E-state index in [-0.39, 0.29) is 0 Å². The molecule has 0 spiro atoms. The molecular weight excluding hydrogens is 348 g/mol. The Kier molecular flexibility index (Phi) is 5.88. The van der Waals surface area contributed by atoms with Gasteiger partial charge in [-0.25, -0.2) is 0 Å². The Morgan fingerprint density at radius 1 is 0.964 bits per heavy atom. The van der Waals surface area contributed by atoms with E-state index in [0.29, 0.717) is 6.04 Å². The van der Waals surface area contributed by atoms with Crippen molar-refractivity contribution >= 4 is 0 Å². The molecule has 2 aliphatic rings. The monoisotopic (exact) mass is 380 g/mol. The molecule has 2 aliphatic heterocycles. The van der Waals surface area contributed by atoms with Crippen LogP contribution in [0.4, 0.5) is 0 Å². The Hall–Kier alpha value is -2.04. The Labute approximate surface area is 169 Å². The minimum Gasteiger partial charge on any atom is -0.493 e. The molecule has 0 aromatic heterocycles. The lowest BCUT2D eigenvalue weighted by Crippen LogP contribution is -2.49. The number of hydrogen-bond acceptors (Lipinski definition) is 4. The van der Waals surface area contributed by atoms with Gasteiger partial charge in [-0.1, -0.05) is 29.8 Å². The van der Waals surface area contributed by atoms with Gasteiger partial charge in [0, 0.05) is 32.2 Å². The zero-order valence-corrected chi connectivity index (χ0v) is 17.4. The molecule has 0 radical (unpaired) electrons. The van der Waals surface area contributed by atoms with Crippen LogP contribution in [0.5, 0.6) is 11.5 Å². The van der Waals surface area contributed by atoms with Gasteiger partial charge in [0.2, 0.25) is 0 Å². The Morgan fingerprint density at radius 3 is 2.39 bits per heavy atom. The average Bonchev–Trinajstić information content (AvgIpc) is 2.74. The Bertz CT molecular complexity index is 803. The second kappa shape index (κ2) is 8.54. The van der Waals surface area contributed by atoms with Gasteiger partial charge >= 0.3 is 0 Å². The van der Waals surface area contributed by atoms with E-state index in [1.54, 1.807) is 14.2 Å². The summed E-state index contributed by atoms with van der Waals surface area (Å²) in [6.45, 7) is 7.73. The number of methoxy groups -OCH3 is 2. The lowest BCUT2D eigenvalue weighted by atomic mass is 9.95. The summed E-state index contributed by atoms with van der Waals surface area (Å²) in [5.41, 5.74) is 5.55. The van der Waals surface area contributed by atoms with Gasteiger partial charge in [0.25, 0.3) is 0 Å². The number of rotatable bonds is 5. The molecule has 0 bridgehead atoms. The summed E-state index contributed by atoms with van der Waals surface area (Å²) in [6.07, 6.45) is 3.67. The van der Waals surface area contributed by atoms with Crippen LogP contribution >= 0.6 is 0 Å². The van der Waals surface area contributed by atoms with Gasteiger partial charge in [0.15, 0.2) is 11.5 Å². The molecule has 1 saturated heterocycles. The quantitative estimate of drug-likeness (QED) is 0.782. The van der Waals surface area contributed by atoms with E-state index in [9.17, 15) is 0 Å². The van der Waals surface area contributed by atoms with Crippen molar-refractivity contribution in [3.05, 3.63) is 58.7 Å². The van der Waals surface area contributed by atoms with Crippen LogP contribution in [0, 0.1) is 6.92 Å². The lowest BCUT2D eigenvalue weighted by Gasteiger charge is -2.41.